The minimum absolute atomic E-state index is 0.223. The van der Waals surface area contributed by atoms with Gasteiger partial charge in [0.05, 0.1) is 7.11 Å². The van der Waals surface area contributed by atoms with E-state index in [0.717, 1.165) is 12.8 Å². The third-order valence-corrected chi connectivity index (χ3v) is 2.31. The fourth-order valence-electron chi connectivity index (χ4n) is 1.49. The second-order valence-corrected chi connectivity index (χ2v) is 3.42. The molecule has 0 aliphatic carbocycles. The number of benzene rings is 1. The first kappa shape index (κ1) is 11.9. The molecule has 1 atom stereocenters. The van der Waals surface area contributed by atoms with Crippen LogP contribution in [0.5, 0.6) is 5.75 Å². The Bertz CT molecular complexity index is 317. The predicted octanol–water partition coefficient (Wildman–Crippen LogP) is 1.57. The summed E-state index contributed by atoms with van der Waals surface area (Å²) in [6.45, 7) is 0.589. The van der Waals surface area contributed by atoms with Crippen molar-refractivity contribution in [3.05, 3.63) is 29.6 Å². The van der Waals surface area contributed by atoms with Crippen LogP contribution in [0, 0.1) is 5.82 Å². The number of ether oxygens (including phenoxy) is 1. The molecule has 0 heterocycles. The first-order valence-electron chi connectivity index (χ1n) is 4.98. The van der Waals surface area contributed by atoms with Crippen LogP contribution >= 0.6 is 0 Å². The molecule has 4 heteroatoms. The Morgan fingerprint density at radius 3 is 2.80 bits per heavy atom. The molecular weight excluding hydrogens is 195 g/mol. The highest BCUT2D eigenvalue weighted by Gasteiger charge is 2.12. The van der Waals surface area contributed by atoms with Crippen molar-refractivity contribution >= 4 is 0 Å². The zero-order chi connectivity index (χ0) is 11.3. The van der Waals surface area contributed by atoms with Gasteiger partial charge in [0.2, 0.25) is 0 Å². The van der Waals surface area contributed by atoms with E-state index < -0.39 is 0 Å². The van der Waals surface area contributed by atoms with E-state index in [2.05, 4.69) is 0 Å². The highest BCUT2D eigenvalue weighted by Crippen LogP contribution is 2.26. The number of rotatable bonds is 5. The summed E-state index contributed by atoms with van der Waals surface area (Å²) in [5, 5.41) is 0. The summed E-state index contributed by atoms with van der Waals surface area (Å²) in [4.78, 5) is 0. The Balaban J connectivity index is 2.85. The molecule has 3 nitrogen and oxygen atoms in total. The smallest absolute Gasteiger partial charge is 0.123 e. The van der Waals surface area contributed by atoms with Crippen LogP contribution in [0.2, 0.25) is 0 Å². The first-order valence-corrected chi connectivity index (χ1v) is 4.98. The van der Waals surface area contributed by atoms with Crippen molar-refractivity contribution in [2.75, 3.05) is 13.7 Å². The minimum atomic E-state index is -0.297. The van der Waals surface area contributed by atoms with Gasteiger partial charge in [0.1, 0.15) is 11.6 Å². The van der Waals surface area contributed by atoms with Gasteiger partial charge in [-0.2, -0.15) is 0 Å². The molecule has 1 unspecified atom stereocenters. The summed E-state index contributed by atoms with van der Waals surface area (Å²) >= 11 is 0. The van der Waals surface area contributed by atoms with E-state index in [0.29, 0.717) is 17.9 Å². The molecule has 15 heavy (non-hydrogen) atoms. The van der Waals surface area contributed by atoms with Crippen LogP contribution in [-0.4, -0.2) is 13.7 Å². The molecule has 0 saturated carbocycles. The number of hydrogen-bond donors (Lipinski definition) is 2. The van der Waals surface area contributed by atoms with E-state index in [1.807, 2.05) is 0 Å². The Kier molecular flexibility index (Phi) is 4.52. The largest absolute Gasteiger partial charge is 0.496 e. The Morgan fingerprint density at radius 1 is 1.47 bits per heavy atom. The Morgan fingerprint density at radius 2 is 2.20 bits per heavy atom. The van der Waals surface area contributed by atoms with Gasteiger partial charge >= 0.3 is 0 Å². The van der Waals surface area contributed by atoms with Crippen molar-refractivity contribution in [2.45, 2.75) is 18.9 Å². The first-order chi connectivity index (χ1) is 7.19. The van der Waals surface area contributed by atoms with Crippen molar-refractivity contribution in [2.24, 2.45) is 11.5 Å². The lowest BCUT2D eigenvalue weighted by Crippen LogP contribution is -2.13. The Labute approximate surface area is 89.2 Å². The SMILES string of the molecule is COc1ccc(F)cc1C(N)CCCN. The molecule has 1 rings (SSSR count). The summed E-state index contributed by atoms with van der Waals surface area (Å²) in [6, 6.07) is 4.14. The maximum atomic E-state index is 13.0. The van der Waals surface area contributed by atoms with Crippen LogP contribution in [0.15, 0.2) is 18.2 Å². The highest BCUT2D eigenvalue weighted by molar-refractivity contribution is 5.36. The molecule has 0 bridgehead atoms. The molecule has 1 aromatic carbocycles. The zero-order valence-electron chi connectivity index (χ0n) is 8.87. The molecule has 0 amide bonds. The summed E-state index contributed by atoms with van der Waals surface area (Å²) in [6.07, 6.45) is 1.55. The van der Waals surface area contributed by atoms with Gasteiger partial charge in [-0.3, -0.25) is 0 Å². The van der Waals surface area contributed by atoms with Crippen molar-refractivity contribution in [3.8, 4) is 5.75 Å². The van der Waals surface area contributed by atoms with E-state index in [4.69, 9.17) is 16.2 Å². The lowest BCUT2D eigenvalue weighted by molar-refractivity contribution is 0.402. The van der Waals surface area contributed by atoms with Crippen LogP contribution in [0.25, 0.3) is 0 Å². The van der Waals surface area contributed by atoms with Gasteiger partial charge < -0.3 is 16.2 Å². The molecule has 0 aromatic heterocycles. The number of hydrogen-bond acceptors (Lipinski definition) is 3. The molecule has 0 aliphatic rings. The number of methoxy groups -OCH3 is 1. The highest BCUT2D eigenvalue weighted by atomic mass is 19.1. The summed E-state index contributed by atoms with van der Waals surface area (Å²) < 4.78 is 18.2. The third kappa shape index (κ3) is 3.18. The van der Waals surface area contributed by atoms with Crippen LogP contribution in [-0.2, 0) is 0 Å². The maximum Gasteiger partial charge on any atom is 0.123 e. The van der Waals surface area contributed by atoms with E-state index in [1.165, 1.54) is 12.1 Å². The predicted molar refractivity (Wildman–Crippen MR) is 58.2 cm³/mol. The normalized spacial score (nSPS) is 12.5. The molecule has 4 N–H and O–H groups in total. The molecule has 1 aromatic rings. The fourth-order valence-corrected chi connectivity index (χ4v) is 1.49. The maximum absolute atomic E-state index is 13.0. The average molecular weight is 212 g/mol. The van der Waals surface area contributed by atoms with Gasteiger partial charge in [-0.1, -0.05) is 0 Å². The van der Waals surface area contributed by atoms with Gasteiger partial charge in [-0.15, -0.1) is 0 Å². The van der Waals surface area contributed by atoms with Crippen molar-refractivity contribution < 1.29 is 9.13 Å². The van der Waals surface area contributed by atoms with Gasteiger partial charge in [0, 0.05) is 11.6 Å². The van der Waals surface area contributed by atoms with Crippen molar-refractivity contribution in [3.63, 3.8) is 0 Å². The molecule has 84 valence electrons. The van der Waals surface area contributed by atoms with E-state index >= 15 is 0 Å². The number of halogens is 1. The summed E-state index contributed by atoms with van der Waals surface area (Å²) in [5.74, 6) is 0.329. The minimum Gasteiger partial charge on any atom is -0.496 e. The van der Waals surface area contributed by atoms with Gasteiger partial charge in [-0.25, -0.2) is 4.39 Å². The van der Waals surface area contributed by atoms with Crippen LogP contribution in [0.3, 0.4) is 0 Å². The second-order valence-electron chi connectivity index (χ2n) is 3.42. The van der Waals surface area contributed by atoms with E-state index in [1.54, 1.807) is 13.2 Å². The topological polar surface area (TPSA) is 61.3 Å². The van der Waals surface area contributed by atoms with Crippen LogP contribution in [0.4, 0.5) is 4.39 Å². The second kappa shape index (κ2) is 5.68. The zero-order valence-corrected chi connectivity index (χ0v) is 8.87. The lowest BCUT2D eigenvalue weighted by Gasteiger charge is -2.15. The molecule has 0 aliphatic heterocycles. The average Bonchev–Trinajstić information content (AvgIpc) is 2.25. The molecule has 0 saturated heterocycles. The molecule has 0 fully saturated rings. The van der Waals surface area contributed by atoms with Crippen molar-refractivity contribution in [1.82, 2.24) is 0 Å². The molecule has 0 radical (unpaired) electrons. The summed E-state index contributed by atoms with van der Waals surface area (Å²) in [7, 11) is 1.55. The summed E-state index contributed by atoms with van der Waals surface area (Å²) in [5.41, 5.74) is 12.0. The van der Waals surface area contributed by atoms with E-state index in [9.17, 15) is 4.39 Å². The van der Waals surface area contributed by atoms with Gasteiger partial charge in [0.15, 0.2) is 0 Å². The number of nitrogens with two attached hydrogens (primary N) is 2. The quantitative estimate of drug-likeness (QED) is 0.778. The fraction of sp³-hybridized carbons (Fsp3) is 0.455. The Hall–Kier alpha value is -1.13. The monoisotopic (exact) mass is 212 g/mol. The van der Waals surface area contributed by atoms with Gasteiger partial charge in [0.25, 0.3) is 0 Å². The molecular formula is C11H17FN2O. The van der Waals surface area contributed by atoms with Crippen molar-refractivity contribution in [1.29, 1.82) is 0 Å². The van der Waals surface area contributed by atoms with Crippen LogP contribution in [0.1, 0.15) is 24.4 Å². The van der Waals surface area contributed by atoms with Gasteiger partial charge in [-0.05, 0) is 37.6 Å². The lowest BCUT2D eigenvalue weighted by atomic mass is 10.0. The third-order valence-electron chi connectivity index (χ3n) is 2.31. The van der Waals surface area contributed by atoms with Crippen LogP contribution < -0.4 is 16.2 Å². The van der Waals surface area contributed by atoms with E-state index in [-0.39, 0.29) is 11.9 Å². The standard InChI is InChI=1S/C11H17FN2O/c1-15-11-5-4-8(12)7-9(11)10(14)3-2-6-13/h4-5,7,10H,2-3,6,13-14H2,1H3. The molecule has 0 spiro atoms.